The molecule has 0 aromatic heterocycles. The first kappa shape index (κ1) is 26.5. The van der Waals surface area contributed by atoms with Gasteiger partial charge in [-0.2, -0.15) is 0 Å². The van der Waals surface area contributed by atoms with Crippen LogP contribution in [0.25, 0.3) is 27.6 Å². The minimum Gasteiger partial charge on any atom is -0.357 e. The molecule has 4 rings (SSSR count). The van der Waals surface area contributed by atoms with E-state index >= 15 is 0 Å². The Labute approximate surface area is 212 Å². The van der Waals surface area contributed by atoms with Gasteiger partial charge < -0.3 is 10.1 Å². The average Bonchev–Trinajstić information content (AvgIpc) is 2.88. The quantitative estimate of drug-likeness (QED) is 0.306. The van der Waals surface area contributed by atoms with Crippen molar-refractivity contribution in [3.05, 3.63) is 102 Å². The van der Waals surface area contributed by atoms with Gasteiger partial charge in [-0.1, -0.05) is 66.7 Å². The van der Waals surface area contributed by atoms with Crippen molar-refractivity contribution in [2.45, 2.75) is 25.7 Å². The molecule has 0 saturated carbocycles. The SMILES string of the molecule is C=O.CC(C)=N/C(=C(\C)Nc1ccc(-c2ccccc2S(N)(=O)=O)cc1)c1ccc2ccccc2c1. The highest BCUT2D eigenvalue weighted by molar-refractivity contribution is 7.89. The Kier molecular flexibility index (Phi) is 8.53. The second-order valence-corrected chi connectivity index (χ2v) is 9.87. The zero-order valence-electron chi connectivity index (χ0n) is 20.5. The first-order valence-electron chi connectivity index (χ1n) is 11.2. The highest BCUT2D eigenvalue weighted by Gasteiger charge is 2.14. The molecule has 0 saturated heterocycles. The zero-order valence-corrected chi connectivity index (χ0v) is 21.3. The fourth-order valence-corrected chi connectivity index (χ4v) is 4.65. The third-order valence-electron chi connectivity index (χ3n) is 5.43. The number of sulfonamides is 1. The summed E-state index contributed by atoms with van der Waals surface area (Å²) in [6, 6.07) is 28.9. The number of nitrogens with zero attached hydrogens (tertiary/aromatic N) is 1. The van der Waals surface area contributed by atoms with E-state index in [1.165, 1.54) is 11.5 Å². The van der Waals surface area contributed by atoms with Crippen molar-refractivity contribution in [2.75, 3.05) is 5.32 Å². The van der Waals surface area contributed by atoms with Gasteiger partial charge in [0.2, 0.25) is 10.0 Å². The third kappa shape index (κ3) is 6.33. The molecule has 0 heterocycles. The number of nitrogens with two attached hydrogens (primary N) is 1. The van der Waals surface area contributed by atoms with Gasteiger partial charge in [0.25, 0.3) is 0 Å². The van der Waals surface area contributed by atoms with Gasteiger partial charge in [-0.3, -0.25) is 4.99 Å². The van der Waals surface area contributed by atoms with Gasteiger partial charge in [-0.05, 0) is 61.4 Å². The molecular formula is C29H29N3O3S. The molecule has 0 aliphatic carbocycles. The first-order chi connectivity index (χ1) is 17.2. The number of hydrogen-bond donors (Lipinski definition) is 2. The van der Waals surface area contributed by atoms with E-state index in [4.69, 9.17) is 14.9 Å². The predicted molar refractivity (Wildman–Crippen MR) is 149 cm³/mol. The van der Waals surface area contributed by atoms with Gasteiger partial charge in [0.1, 0.15) is 6.79 Å². The number of anilines is 1. The van der Waals surface area contributed by atoms with Crippen molar-refractivity contribution in [3.8, 4) is 11.1 Å². The molecule has 184 valence electrons. The number of fused-ring (bicyclic) bond motifs is 1. The minimum absolute atomic E-state index is 0.109. The highest BCUT2D eigenvalue weighted by atomic mass is 32.2. The van der Waals surface area contributed by atoms with Crippen molar-refractivity contribution in [1.29, 1.82) is 0 Å². The van der Waals surface area contributed by atoms with E-state index in [2.05, 4.69) is 35.6 Å². The third-order valence-corrected chi connectivity index (χ3v) is 6.40. The Balaban J connectivity index is 0.00000176. The molecule has 0 aliphatic rings. The Morgan fingerprint density at radius 2 is 1.42 bits per heavy atom. The largest absolute Gasteiger partial charge is 0.357 e. The van der Waals surface area contributed by atoms with Crippen LogP contribution in [0, 0.1) is 0 Å². The second-order valence-electron chi connectivity index (χ2n) is 8.34. The molecule has 3 N–H and O–H groups in total. The Bertz CT molecular complexity index is 1540. The van der Waals surface area contributed by atoms with Crippen molar-refractivity contribution in [2.24, 2.45) is 10.1 Å². The smallest absolute Gasteiger partial charge is 0.238 e. The maximum atomic E-state index is 12.0. The molecule has 0 radical (unpaired) electrons. The van der Waals surface area contributed by atoms with E-state index in [9.17, 15) is 8.42 Å². The monoisotopic (exact) mass is 499 g/mol. The lowest BCUT2D eigenvalue weighted by atomic mass is 10.0. The number of carbonyl (C=O) groups is 1. The van der Waals surface area contributed by atoms with Gasteiger partial charge >= 0.3 is 0 Å². The van der Waals surface area contributed by atoms with E-state index in [-0.39, 0.29) is 4.90 Å². The summed E-state index contributed by atoms with van der Waals surface area (Å²) in [5, 5.41) is 11.2. The summed E-state index contributed by atoms with van der Waals surface area (Å²) in [7, 11) is -3.82. The van der Waals surface area contributed by atoms with E-state index in [0.29, 0.717) is 5.56 Å². The van der Waals surface area contributed by atoms with Crippen LogP contribution in [0.2, 0.25) is 0 Å². The molecule has 0 bridgehead atoms. The molecule has 0 fully saturated rings. The normalized spacial score (nSPS) is 11.7. The summed E-state index contributed by atoms with van der Waals surface area (Å²) >= 11 is 0. The maximum absolute atomic E-state index is 12.0. The molecule has 0 spiro atoms. The second kappa shape index (κ2) is 11.6. The number of hydrogen-bond acceptors (Lipinski definition) is 5. The molecule has 0 aliphatic heterocycles. The lowest BCUT2D eigenvalue weighted by molar-refractivity contribution is -0.0980. The Morgan fingerprint density at radius 3 is 2.06 bits per heavy atom. The van der Waals surface area contributed by atoms with Crippen molar-refractivity contribution in [3.63, 3.8) is 0 Å². The van der Waals surface area contributed by atoms with Gasteiger partial charge in [-0.25, -0.2) is 13.6 Å². The number of nitrogens with one attached hydrogen (secondary N) is 1. The zero-order chi connectivity index (χ0) is 26.3. The summed E-state index contributed by atoms with van der Waals surface area (Å²) in [5.74, 6) is 0. The van der Waals surface area contributed by atoms with Crippen molar-refractivity contribution >= 4 is 44.7 Å². The average molecular weight is 500 g/mol. The molecule has 0 atom stereocenters. The summed E-state index contributed by atoms with van der Waals surface area (Å²) < 4.78 is 23.9. The molecule has 0 unspecified atom stereocenters. The topological polar surface area (TPSA) is 102 Å². The number of aliphatic imine (C=N–C) groups is 1. The van der Waals surface area contributed by atoms with E-state index in [1.807, 2.05) is 64.0 Å². The van der Waals surface area contributed by atoms with Crippen LogP contribution in [-0.2, 0) is 14.8 Å². The van der Waals surface area contributed by atoms with Crippen molar-refractivity contribution < 1.29 is 13.2 Å². The van der Waals surface area contributed by atoms with E-state index < -0.39 is 10.0 Å². The fourth-order valence-electron chi connectivity index (χ4n) is 3.89. The Morgan fingerprint density at radius 1 is 0.806 bits per heavy atom. The van der Waals surface area contributed by atoms with E-state index in [1.54, 1.807) is 18.2 Å². The molecule has 4 aromatic rings. The summed E-state index contributed by atoms with van der Waals surface area (Å²) in [6.45, 7) is 7.96. The minimum atomic E-state index is -3.82. The summed E-state index contributed by atoms with van der Waals surface area (Å²) in [4.78, 5) is 12.9. The van der Waals surface area contributed by atoms with Gasteiger partial charge in [0.05, 0.1) is 10.6 Å². The van der Waals surface area contributed by atoms with Crippen LogP contribution < -0.4 is 10.5 Å². The molecule has 36 heavy (non-hydrogen) atoms. The van der Waals surface area contributed by atoms with Crippen LogP contribution in [-0.4, -0.2) is 20.9 Å². The highest BCUT2D eigenvalue weighted by Crippen LogP contribution is 2.29. The number of primary sulfonamides is 1. The van der Waals surface area contributed by atoms with Crippen LogP contribution in [0.1, 0.15) is 26.3 Å². The predicted octanol–water partition coefficient (Wildman–Crippen LogP) is 6.25. The van der Waals surface area contributed by atoms with Crippen molar-refractivity contribution in [1.82, 2.24) is 0 Å². The molecule has 6 nitrogen and oxygen atoms in total. The number of carbonyl (C=O) groups excluding carboxylic acids is 1. The lowest BCUT2D eigenvalue weighted by Crippen LogP contribution is -2.13. The molecule has 0 amide bonds. The molecular weight excluding hydrogens is 470 g/mol. The maximum Gasteiger partial charge on any atom is 0.238 e. The fraction of sp³-hybridized carbons (Fsp3) is 0.103. The van der Waals surface area contributed by atoms with Gasteiger partial charge in [0.15, 0.2) is 0 Å². The lowest BCUT2D eigenvalue weighted by Gasteiger charge is -2.14. The van der Waals surface area contributed by atoms with E-state index in [0.717, 1.165) is 39.3 Å². The molecule has 7 heteroatoms. The van der Waals surface area contributed by atoms with Crippen LogP contribution in [0.3, 0.4) is 0 Å². The Hall–Kier alpha value is -4.07. The standard InChI is InChI=1S/C28H27N3O2S.CH2O/c1-19(2)30-28(24-13-12-21-8-4-5-9-23(21)18-24)20(3)31-25-16-14-22(15-17-25)26-10-6-7-11-27(26)34(29,32)33;1-2/h4-18,31H,1-3H3,(H2,29,32,33);1H2/b28-20+;. The van der Waals surface area contributed by atoms with Crippen LogP contribution >= 0.6 is 0 Å². The summed E-state index contributed by atoms with van der Waals surface area (Å²) in [5.41, 5.74) is 5.99. The van der Waals surface area contributed by atoms with Gasteiger partial charge in [0, 0.05) is 28.2 Å². The number of allylic oxidation sites excluding steroid dienone is 1. The summed E-state index contributed by atoms with van der Waals surface area (Å²) in [6.07, 6.45) is 0. The van der Waals surface area contributed by atoms with Crippen LogP contribution in [0.4, 0.5) is 5.69 Å². The molecule has 4 aromatic carbocycles. The first-order valence-corrected chi connectivity index (χ1v) is 12.8. The van der Waals surface area contributed by atoms with Crippen LogP contribution in [0.15, 0.2) is 107 Å². The van der Waals surface area contributed by atoms with Gasteiger partial charge in [-0.15, -0.1) is 0 Å². The van der Waals surface area contributed by atoms with Crippen LogP contribution in [0.5, 0.6) is 0 Å². The number of rotatable bonds is 6. The number of benzene rings is 4.